The van der Waals surface area contributed by atoms with E-state index in [-0.39, 0.29) is 18.5 Å². The summed E-state index contributed by atoms with van der Waals surface area (Å²) in [6.45, 7) is 1.79. The van der Waals surface area contributed by atoms with Gasteiger partial charge >= 0.3 is 5.97 Å². The van der Waals surface area contributed by atoms with E-state index in [1.165, 1.54) is 7.11 Å². The number of hydrogen-bond donors (Lipinski definition) is 0. The Hall–Kier alpha value is -1.58. The molecule has 1 unspecified atom stereocenters. The summed E-state index contributed by atoms with van der Waals surface area (Å²) in [5.74, 6) is -0.286. The first kappa shape index (κ1) is 14.8. The molecular formula is C14H15BrN2O3. The number of esters is 1. The quantitative estimate of drug-likeness (QED) is 0.789. The van der Waals surface area contributed by atoms with Gasteiger partial charge in [-0.15, -0.1) is 0 Å². The number of ether oxygens (including phenoxy) is 2. The van der Waals surface area contributed by atoms with Crippen molar-refractivity contribution in [1.29, 1.82) is 5.26 Å². The van der Waals surface area contributed by atoms with Crippen LogP contribution in [0.2, 0.25) is 0 Å². The molecule has 0 bridgehead atoms. The average Bonchev–Trinajstić information content (AvgIpc) is 2.47. The third-order valence-corrected chi connectivity index (χ3v) is 3.67. The minimum Gasteiger partial charge on any atom is -0.469 e. The van der Waals surface area contributed by atoms with Gasteiger partial charge in [0.15, 0.2) is 0 Å². The lowest BCUT2D eigenvalue weighted by molar-refractivity contribution is -0.144. The van der Waals surface area contributed by atoms with Crippen molar-refractivity contribution in [3.8, 4) is 6.07 Å². The molecule has 5 nitrogen and oxygen atoms in total. The van der Waals surface area contributed by atoms with Gasteiger partial charge in [-0.05, 0) is 18.2 Å². The fraction of sp³-hybridized carbons (Fsp3) is 0.429. The molecule has 0 aromatic heterocycles. The fourth-order valence-corrected chi connectivity index (χ4v) is 2.54. The van der Waals surface area contributed by atoms with Crippen molar-refractivity contribution in [2.45, 2.75) is 12.5 Å². The first-order chi connectivity index (χ1) is 9.63. The van der Waals surface area contributed by atoms with E-state index in [1.807, 2.05) is 12.1 Å². The van der Waals surface area contributed by atoms with Crippen LogP contribution in [0.1, 0.15) is 12.0 Å². The van der Waals surface area contributed by atoms with Crippen LogP contribution in [0.25, 0.3) is 0 Å². The summed E-state index contributed by atoms with van der Waals surface area (Å²) in [7, 11) is 1.37. The number of morpholine rings is 1. The van der Waals surface area contributed by atoms with E-state index in [1.54, 1.807) is 6.07 Å². The predicted molar refractivity (Wildman–Crippen MR) is 77.4 cm³/mol. The van der Waals surface area contributed by atoms with Crippen LogP contribution in [0.3, 0.4) is 0 Å². The molecule has 1 atom stereocenters. The maximum atomic E-state index is 11.3. The van der Waals surface area contributed by atoms with Gasteiger partial charge in [0.05, 0.1) is 37.5 Å². The average molecular weight is 339 g/mol. The van der Waals surface area contributed by atoms with E-state index < -0.39 is 0 Å². The number of benzene rings is 1. The highest BCUT2D eigenvalue weighted by atomic mass is 79.9. The van der Waals surface area contributed by atoms with Crippen LogP contribution in [0.5, 0.6) is 0 Å². The molecule has 1 saturated heterocycles. The molecule has 1 fully saturated rings. The second kappa shape index (κ2) is 6.73. The minimum absolute atomic E-state index is 0.207. The number of nitrogens with zero attached hydrogens (tertiary/aromatic N) is 2. The Morgan fingerprint density at radius 2 is 2.45 bits per heavy atom. The lowest BCUT2D eigenvalue weighted by atomic mass is 10.1. The fourth-order valence-electron chi connectivity index (χ4n) is 2.19. The van der Waals surface area contributed by atoms with Crippen molar-refractivity contribution in [2.75, 3.05) is 31.7 Å². The van der Waals surface area contributed by atoms with Gasteiger partial charge in [0.2, 0.25) is 0 Å². The maximum absolute atomic E-state index is 11.3. The number of carbonyl (C=O) groups excluding carboxylic acids is 1. The summed E-state index contributed by atoms with van der Waals surface area (Å²) >= 11 is 3.42. The van der Waals surface area contributed by atoms with Crippen molar-refractivity contribution >= 4 is 27.6 Å². The predicted octanol–water partition coefficient (Wildman–Crippen LogP) is 2.09. The highest BCUT2D eigenvalue weighted by molar-refractivity contribution is 9.10. The third kappa shape index (κ3) is 3.50. The first-order valence-corrected chi connectivity index (χ1v) is 7.06. The zero-order valence-corrected chi connectivity index (χ0v) is 12.7. The molecule has 0 radical (unpaired) electrons. The van der Waals surface area contributed by atoms with E-state index in [2.05, 4.69) is 31.6 Å². The molecule has 1 heterocycles. The van der Waals surface area contributed by atoms with Crippen LogP contribution in [0.15, 0.2) is 22.7 Å². The van der Waals surface area contributed by atoms with E-state index in [4.69, 9.17) is 4.74 Å². The van der Waals surface area contributed by atoms with Crippen molar-refractivity contribution in [2.24, 2.45) is 0 Å². The summed E-state index contributed by atoms with van der Waals surface area (Å²) < 4.78 is 11.1. The largest absolute Gasteiger partial charge is 0.469 e. The number of hydrogen-bond acceptors (Lipinski definition) is 5. The molecule has 0 spiro atoms. The minimum atomic E-state index is -0.286. The molecule has 0 aliphatic carbocycles. The molecule has 20 heavy (non-hydrogen) atoms. The molecule has 1 aromatic carbocycles. The Morgan fingerprint density at radius 1 is 1.65 bits per heavy atom. The van der Waals surface area contributed by atoms with E-state index in [9.17, 15) is 10.1 Å². The van der Waals surface area contributed by atoms with E-state index >= 15 is 0 Å². The van der Waals surface area contributed by atoms with Gasteiger partial charge in [0.25, 0.3) is 0 Å². The molecule has 2 rings (SSSR count). The van der Waals surface area contributed by atoms with Gasteiger partial charge in [-0.3, -0.25) is 4.79 Å². The summed E-state index contributed by atoms with van der Waals surface area (Å²) in [4.78, 5) is 13.4. The van der Waals surface area contributed by atoms with E-state index in [0.29, 0.717) is 25.3 Å². The monoisotopic (exact) mass is 338 g/mol. The molecule has 6 heteroatoms. The normalized spacial score (nSPS) is 18.4. The first-order valence-electron chi connectivity index (χ1n) is 6.27. The number of methoxy groups -OCH3 is 1. The molecule has 0 N–H and O–H groups in total. The van der Waals surface area contributed by atoms with Crippen molar-refractivity contribution in [3.05, 3.63) is 28.2 Å². The Labute approximate surface area is 126 Å². The van der Waals surface area contributed by atoms with Gasteiger partial charge in [0.1, 0.15) is 6.07 Å². The lowest BCUT2D eigenvalue weighted by Gasteiger charge is -2.34. The standard InChI is InChI=1S/C14H15BrN2O3/c1-19-14(18)7-12-9-17(4-5-20-12)13-6-11(15)3-2-10(13)8-16/h2-3,6,12H,4-5,7,9H2,1H3. The SMILES string of the molecule is COC(=O)CC1CN(c2cc(Br)ccc2C#N)CCO1. The molecule has 1 aliphatic rings. The molecule has 0 saturated carbocycles. The summed E-state index contributed by atoms with van der Waals surface area (Å²) in [6.07, 6.45) is 0.0184. The van der Waals surface area contributed by atoms with Gasteiger partial charge in [-0.25, -0.2) is 0 Å². The second-order valence-electron chi connectivity index (χ2n) is 4.49. The Bertz CT molecular complexity index is 542. The van der Waals surface area contributed by atoms with Gasteiger partial charge < -0.3 is 14.4 Å². The van der Waals surface area contributed by atoms with Gasteiger partial charge in [-0.1, -0.05) is 15.9 Å². The highest BCUT2D eigenvalue weighted by Gasteiger charge is 2.24. The molecule has 1 aliphatic heterocycles. The molecular weight excluding hydrogens is 324 g/mol. The Balaban J connectivity index is 2.15. The van der Waals surface area contributed by atoms with E-state index in [0.717, 1.165) is 10.2 Å². The second-order valence-corrected chi connectivity index (χ2v) is 5.41. The van der Waals surface area contributed by atoms with Crippen LogP contribution < -0.4 is 4.90 Å². The van der Waals surface area contributed by atoms with Gasteiger partial charge in [0, 0.05) is 17.6 Å². The topological polar surface area (TPSA) is 62.6 Å². The summed E-state index contributed by atoms with van der Waals surface area (Å²) in [5, 5.41) is 9.19. The highest BCUT2D eigenvalue weighted by Crippen LogP contribution is 2.26. The Morgan fingerprint density at radius 3 is 3.15 bits per heavy atom. The number of nitriles is 1. The van der Waals surface area contributed by atoms with Crippen LogP contribution in [0, 0.1) is 11.3 Å². The van der Waals surface area contributed by atoms with Crippen molar-refractivity contribution in [3.63, 3.8) is 0 Å². The summed E-state index contributed by atoms with van der Waals surface area (Å²) in [6, 6.07) is 7.73. The van der Waals surface area contributed by atoms with Crippen LogP contribution >= 0.6 is 15.9 Å². The lowest BCUT2D eigenvalue weighted by Crippen LogP contribution is -2.43. The number of halogens is 1. The number of rotatable bonds is 3. The zero-order valence-electron chi connectivity index (χ0n) is 11.1. The molecule has 1 aromatic rings. The molecule has 106 valence electrons. The van der Waals surface area contributed by atoms with Crippen LogP contribution in [0.4, 0.5) is 5.69 Å². The van der Waals surface area contributed by atoms with Crippen molar-refractivity contribution in [1.82, 2.24) is 0 Å². The van der Waals surface area contributed by atoms with Gasteiger partial charge in [-0.2, -0.15) is 5.26 Å². The van der Waals surface area contributed by atoms with Crippen LogP contribution in [-0.2, 0) is 14.3 Å². The summed E-state index contributed by atoms with van der Waals surface area (Å²) in [5.41, 5.74) is 1.48. The molecule has 0 amide bonds. The Kier molecular flexibility index (Phi) is 4.99. The number of carbonyl (C=O) groups is 1. The number of anilines is 1. The van der Waals surface area contributed by atoms with Crippen molar-refractivity contribution < 1.29 is 14.3 Å². The smallest absolute Gasteiger partial charge is 0.308 e. The van der Waals surface area contributed by atoms with Crippen LogP contribution in [-0.4, -0.2) is 38.9 Å². The zero-order chi connectivity index (χ0) is 14.5. The third-order valence-electron chi connectivity index (χ3n) is 3.18. The maximum Gasteiger partial charge on any atom is 0.308 e.